The molecule has 0 amide bonds. The molecule has 0 aliphatic heterocycles. The molecule has 1 N–H and O–H groups in total. The quantitative estimate of drug-likeness (QED) is 0.554. The molecule has 0 heterocycles. The van der Waals surface area contributed by atoms with Crippen LogP contribution in [-0.4, -0.2) is 17.3 Å². The summed E-state index contributed by atoms with van der Waals surface area (Å²) in [5, 5.41) is 3.12. The normalized spacial score (nSPS) is 11.4. The van der Waals surface area contributed by atoms with Crippen molar-refractivity contribution < 1.29 is 18.3 Å². The van der Waals surface area contributed by atoms with Crippen LogP contribution in [0.1, 0.15) is 31.1 Å². The molecule has 0 aromatic heterocycles. The Morgan fingerprint density at radius 2 is 1.71 bits per heavy atom. The number of carbonyl (C=O) groups is 1. The van der Waals surface area contributed by atoms with E-state index in [1.165, 1.54) is 0 Å². The van der Waals surface area contributed by atoms with Crippen LogP contribution in [0.15, 0.2) is 53.4 Å². The van der Waals surface area contributed by atoms with Crippen molar-refractivity contribution in [3.63, 3.8) is 0 Å². The minimum Gasteiger partial charge on any atom is -0.456 e. The average Bonchev–Trinajstić information content (AvgIpc) is 2.47. The van der Waals surface area contributed by atoms with Crippen LogP contribution in [0.2, 0.25) is 0 Å². The van der Waals surface area contributed by atoms with Gasteiger partial charge in [-0.25, -0.2) is 4.79 Å². The van der Waals surface area contributed by atoms with Gasteiger partial charge in [-0.3, -0.25) is 0 Å². The van der Waals surface area contributed by atoms with Gasteiger partial charge in [-0.2, -0.15) is 8.78 Å². The lowest BCUT2D eigenvalue weighted by atomic mass is 10.1. The lowest BCUT2D eigenvalue weighted by Crippen LogP contribution is -2.24. The Kier molecular flexibility index (Phi) is 5.83. The van der Waals surface area contributed by atoms with Gasteiger partial charge in [0.1, 0.15) is 5.60 Å². The van der Waals surface area contributed by atoms with Crippen LogP contribution < -0.4 is 5.32 Å². The maximum Gasteiger partial charge on any atom is 0.340 e. The van der Waals surface area contributed by atoms with Gasteiger partial charge in [0.25, 0.3) is 5.76 Å². The van der Waals surface area contributed by atoms with Gasteiger partial charge >= 0.3 is 5.97 Å². The first-order chi connectivity index (χ1) is 11.2. The zero-order valence-corrected chi connectivity index (χ0v) is 14.5. The van der Waals surface area contributed by atoms with Crippen LogP contribution >= 0.6 is 11.8 Å². The summed E-state index contributed by atoms with van der Waals surface area (Å²) in [4.78, 5) is 12.8. The van der Waals surface area contributed by atoms with Crippen molar-refractivity contribution >= 4 is 29.1 Å². The number of thioether (sulfide) groups is 1. The second-order valence-electron chi connectivity index (χ2n) is 6.08. The molecule has 0 aliphatic rings. The van der Waals surface area contributed by atoms with Gasteiger partial charge in [-0.15, -0.1) is 0 Å². The van der Waals surface area contributed by atoms with Crippen molar-refractivity contribution in [3.05, 3.63) is 54.1 Å². The first-order valence-corrected chi connectivity index (χ1v) is 8.27. The SMILES string of the molecule is CC(C)(C)OC(=O)c1ccccc1Nc1ccc(SC(F)F)cc1. The molecule has 0 fully saturated rings. The first-order valence-electron chi connectivity index (χ1n) is 7.39. The van der Waals surface area contributed by atoms with E-state index in [4.69, 9.17) is 4.74 Å². The Morgan fingerprint density at radius 3 is 2.29 bits per heavy atom. The molecule has 6 heteroatoms. The Morgan fingerprint density at radius 1 is 1.08 bits per heavy atom. The van der Waals surface area contributed by atoms with Crippen molar-refractivity contribution in [2.24, 2.45) is 0 Å². The van der Waals surface area contributed by atoms with Crippen LogP contribution in [0.5, 0.6) is 0 Å². The number of hydrogen-bond acceptors (Lipinski definition) is 4. The summed E-state index contributed by atoms with van der Waals surface area (Å²) < 4.78 is 30.1. The third kappa shape index (κ3) is 5.53. The van der Waals surface area contributed by atoms with Gasteiger partial charge in [-0.05, 0) is 57.2 Å². The summed E-state index contributed by atoms with van der Waals surface area (Å²) in [6, 6.07) is 13.6. The molecule has 2 aromatic carbocycles. The van der Waals surface area contributed by atoms with Gasteiger partial charge in [0, 0.05) is 10.6 Å². The molecule has 3 nitrogen and oxygen atoms in total. The minimum absolute atomic E-state index is 0.415. The standard InChI is InChI=1S/C18H19F2NO2S/c1-18(2,3)23-16(22)14-6-4-5-7-15(14)21-12-8-10-13(11-9-12)24-17(19)20/h4-11,17,21H,1-3H3. The molecule has 0 atom stereocenters. The number of ether oxygens (including phenoxy) is 1. The lowest BCUT2D eigenvalue weighted by molar-refractivity contribution is 0.00707. The fourth-order valence-electron chi connectivity index (χ4n) is 1.98. The number of nitrogens with one attached hydrogen (secondary N) is 1. The van der Waals surface area contributed by atoms with Crippen LogP contribution in [-0.2, 0) is 4.74 Å². The summed E-state index contributed by atoms with van der Waals surface area (Å²) in [7, 11) is 0. The minimum atomic E-state index is -2.45. The van der Waals surface area contributed by atoms with E-state index in [-0.39, 0.29) is 0 Å². The van der Waals surface area contributed by atoms with Crippen molar-refractivity contribution in [2.45, 2.75) is 37.0 Å². The molecule has 2 aromatic rings. The number of anilines is 2. The van der Waals surface area contributed by atoms with Crippen molar-refractivity contribution in [3.8, 4) is 0 Å². The van der Waals surface area contributed by atoms with E-state index in [1.807, 2.05) is 0 Å². The van der Waals surface area contributed by atoms with Crippen molar-refractivity contribution in [2.75, 3.05) is 5.32 Å². The second kappa shape index (κ2) is 7.66. The summed E-state index contributed by atoms with van der Waals surface area (Å²) >= 11 is 0.493. The van der Waals surface area contributed by atoms with Gasteiger partial charge in [0.15, 0.2) is 0 Å². The van der Waals surface area contributed by atoms with Gasteiger partial charge in [-0.1, -0.05) is 23.9 Å². The Hall–Kier alpha value is -2.08. The van der Waals surface area contributed by atoms with Crippen LogP contribution in [0.3, 0.4) is 0 Å². The molecule has 0 saturated heterocycles. The molecule has 0 bridgehead atoms. The highest BCUT2D eigenvalue weighted by molar-refractivity contribution is 7.99. The third-order valence-corrected chi connectivity index (χ3v) is 3.63. The average molecular weight is 351 g/mol. The Balaban J connectivity index is 2.17. The van der Waals surface area contributed by atoms with Crippen LogP contribution in [0.25, 0.3) is 0 Å². The molecule has 128 valence electrons. The number of hydrogen-bond donors (Lipinski definition) is 1. The number of carbonyl (C=O) groups excluding carboxylic acids is 1. The maximum absolute atomic E-state index is 12.3. The highest BCUT2D eigenvalue weighted by Gasteiger charge is 2.20. The van der Waals surface area contributed by atoms with E-state index in [9.17, 15) is 13.6 Å². The van der Waals surface area contributed by atoms with Crippen LogP contribution in [0.4, 0.5) is 20.2 Å². The molecule has 24 heavy (non-hydrogen) atoms. The molecule has 0 aliphatic carbocycles. The largest absolute Gasteiger partial charge is 0.456 e. The van der Waals surface area contributed by atoms with E-state index in [0.717, 1.165) is 0 Å². The monoisotopic (exact) mass is 351 g/mol. The molecular formula is C18H19F2NO2S. The second-order valence-corrected chi connectivity index (χ2v) is 7.14. The Labute approximate surface area is 144 Å². The third-order valence-electron chi connectivity index (χ3n) is 2.90. The summed E-state index contributed by atoms with van der Waals surface area (Å²) in [6.07, 6.45) is 0. The number of benzene rings is 2. The van der Waals surface area contributed by atoms with Gasteiger partial charge in [0.05, 0.1) is 11.3 Å². The molecule has 2 rings (SSSR count). The molecule has 0 saturated carbocycles. The van der Waals surface area contributed by atoms with Gasteiger partial charge in [0.2, 0.25) is 0 Å². The van der Waals surface area contributed by atoms with Crippen LogP contribution in [0, 0.1) is 0 Å². The zero-order chi connectivity index (χ0) is 17.7. The van der Waals surface area contributed by atoms with E-state index >= 15 is 0 Å². The first kappa shape index (κ1) is 18.3. The molecular weight excluding hydrogens is 332 g/mol. The predicted molar refractivity (Wildman–Crippen MR) is 93.2 cm³/mol. The van der Waals surface area contributed by atoms with E-state index in [2.05, 4.69) is 5.32 Å². The number of alkyl halides is 2. The fourth-order valence-corrected chi connectivity index (χ4v) is 2.48. The van der Waals surface area contributed by atoms with Crippen molar-refractivity contribution in [1.29, 1.82) is 0 Å². The summed E-state index contributed by atoms with van der Waals surface area (Å²) in [5.74, 6) is -2.87. The number of esters is 1. The summed E-state index contributed by atoms with van der Waals surface area (Å²) in [6.45, 7) is 5.42. The lowest BCUT2D eigenvalue weighted by Gasteiger charge is -2.20. The zero-order valence-electron chi connectivity index (χ0n) is 13.7. The predicted octanol–water partition coefficient (Wildman–Crippen LogP) is 5.70. The number of para-hydroxylation sites is 1. The topological polar surface area (TPSA) is 38.3 Å². The molecule has 0 spiro atoms. The van der Waals surface area contributed by atoms with Crippen molar-refractivity contribution in [1.82, 2.24) is 0 Å². The smallest absolute Gasteiger partial charge is 0.340 e. The highest BCUT2D eigenvalue weighted by Crippen LogP contribution is 2.28. The van der Waals surface area contributed by atoms with Gasteiger partial charge < -0.3 is 10.1 Å². The number of rotatable bonds is 5. The van der Waals surface area contributed by atoms with E-state index in [1.54, 1.807) is 69.3 Å². The van der Waals surface area contributed by atoms with E-state index in [0.29, 0.717) is 33.6 Å². The molecule has 0 radical (unpaired) electrons. The highest BCUT2D eigenvalue weighted by atomic mass is 32.2. The summed E-state index contributed by atoms with van der Waals surface area (Å²) in [5.41, 5.74) is 1.13. The molecule has 0 unspecified atom stereocenters. The number of halogens is 2. The van der Waals surface area contributed by atoms with E-state index < -0.39 is 17.3 Å². The Bertz CT molecular complexity index is 697. The fraction of sp³-hybridized carbons (Fsp3) is 0.278. The maximum atomic E-state index is 12.3.